The first-order valence-electron chi connectivity index (χ1n) is 10.7. The second-order valence-corrected chi connectivity index (χ2v) is 7.78. The summed E-state index contributed by atoms with van der Waals surface area (Å²) in [5.41, 5.74) is 0.768. The number of H-pyrrole nitrogens is 1. The quantitative estimate of drug-likeness (QED) is 0.145. The van der Waals surface area contributed by atoms with Gasteiger partial charge in [-0.2, -0.15) is 4.98 Å². The van der Waals surface area contributed by atoms with E-state index in [0.717, 1.165) is 0 Å². The van der Waals surface area contributed by atoms with Crippen LogP contribution >= 0.6 is 46.6 Å². The number of fused-ring (bicyclic) bond motifs is 2. The maximum Gasteiger partial charge on any atom is 0.337 e. The summed E-state index contributed by atoms with van der Waals surface area (Å²) in [6.45, 7) is 3.76. The maximum absolute atomic E-state index is 11.8. The highest BCUT2D eigenvalue weighted by atomic mass is 127. The monoisotopic (exact) mass is 638 g/mol. The number of aryl methyl sites for hydroxylation is 2. The maximum atomic E-state index is 11.8. The molecule has 9 nitrogen and oxygen atoms in total. The number of amides is 1. The van der Waals surface area contributed by atoms with Crippen LogP contribution in [0.1, 0.15) is 42.5 Å². The van der Waals surface area contributed by atoms with Crippen molar-refractivity contribution in [3.63, 3.8) is 0 Å². The molecular weight excluding hydrogens is 612 g/mol. The Morgan fingerprint density at radius 3 is 2.29 bits per heavy atom. The van der Waals surface area contributed by atoms with Crippen molar-refractivity contribution in [1.29, 1.82) is 0 Å². The average Bonchev–Trinajstić information content (AvgIpc) is 2.84. The molecular formula is C22H25FIN3O6S2. The molecule has 13 heteroatoms. The number of alkyl halides is 2. The third-order valence-electron chi connectivity index (χ3n) is 4.55. The molecule has 0 aliphatic carbocycles. The highest BCUT2D eigenvalue weighted by Crippen LogP contribution is 2.18. The van der Waals surface area contributed by atoms with Gasteiger partial charge in [-0.05, 0) is 35.2 Å². The van der Waals surface area contributed by atoms with Crippen molar-refractivity contribution in [2.24, 2.45) is 0 Å². The van der Waals surface area contributed by atoms with Crippen LogP contribution in [-0.2, 0) is 19.3 Å². The summed E-state index contributed by atoms with van der Waals surface area (Å²) in [5.74, 6) is 0.106. The smallest absolute Gasteiger partial charge is 0.337 e. The van der Waals surface area contributed by atoms with Gasteiger partial charge in [0.25, 0.3) is 11.5 Å². The number of hydrogen-bond acceptors (Lipinski definition) is 9. The third kappa shape index (κ3) is 7.80. The first kappa shape index (κ1) is 28.8. The number of halogens is 2. The molecule has 4 rings (SSSR count). The molecule has 0 aromatic carbocycles. The normalized spacial score (nSPS) is 12.0. The SMILES string of the molecule is CCc1cc(=O)oc2c1C(=O)NC(=S)C2.CCc1cc(=O)oc2nc(SC)[nH]c(=O)c12.CI.[2H]CF. The Balaban J connectivity index is 0.000000306. The topological polar surface area (TPSA) is 135 Å². The van der Waals surface area contributed by atoms with Gasteiger partial charge >= 0.3 is 11.3 Å². The van der Waals surface area contributed by atoms with Gasteiger partial charge in [-0.3, -0.25) is 14.0 Å². The van der Waals surface area contributed by atoms with E-state index in [1.807, 2.05) is 18.8 Å². The Kier molecular flexibility index (Phi) is 12.3. The van der Waals surface area contributed by atoms with Gasteiger partial charge in [0.05, 0.1) is 25.5 Å². The van der Waals surface area contributed by atoms with E-state index >= 15 is 0 Å². The van der Waals surface area contributed by atoms with Gasteiger partial charge in [-0.15, -0.1) is 0 Å². The van der Waals surface area contributed by atoms with Crippen molar-refractivity contribution in [3.8, 4) is 0 Å². The lowest BCUT2D eigenvalue weighted by atomic mass is 10.0. The fourth-order valence-corrected chi connectivity index (χ4v) is 3.75. The molecule has 0 saturated carbocycles. The molecule has 1 amide bonds. The van der Waals surface area contributed by atoms with Crippen molar-refractivity contribution in [2.75, 3.05) is 18.3 Å². The zero-order chi connectivity index (χ0) is 27.4. The summed E-state index contributed by atoms with van der Waals surface area (Å²) in [6.07, 6.45) is 3.31. The van der Waals surface area contributed by atoms with Crippen LogP contribution in [0.3, 0.4) is 0 Å². The Labute approximate surface area is 224 Å². The number of rotatable bonds is 3. The van der Waals surface area contributed by atoms with E-state index in [-0.39, 0.29) is 17.2 Å². The van der Waals surface area contributed by atoms with Crippen molar-refractivity contribution in [3.05, 3.63) is 65.8 Å². The van der Waals surface area contributed by atoms with Gasteiger partial charge in [0, 0.05) is 12.1 Å². The number of aromatic nitrogens is 2. The van der Waals surface area contributed by atoms with Gasteiger partial charge in [-0.1, -0.05) is 60.4 Å². The number of nitrogens with one attached hydrogen (secondary N) is 2. The van der Waals surface area contributed by atoms with Gasteiger partial charge in [0.1, 0.15) is 11.1 Å². The van der Waals surface area contributed by atoms with E-state index < -0.39 is 18.4 Å². The number of carbonyl (C=O) groups excluding carboxylic acids is 1. The minimum absolute atomic E-state index is 0.109. The number of nitrogens with zero attached hydrogens (tertiary/aromatic N) is 1. The fraction of sp³-hybridized carbons (Fsp3) is 0.364. The van der Waals surface area contributed by atoms with E-state index in [1.165, 1.54) is 23.9 Å². The molecule has 0 spiro atoms. The second-order valence-electron chi connectivity index (χ2n) is 6.50. The Morgan fingerprint density at radius 1 is 1.14 bits per heavy atom. The van der Waals surface area contributed by atoms with Crippen molar-refractivity contribution >= 4 is 68.6 Å². The van der Waals surface area contributed by atoms with Gasteiger partial charge in [0.2, 0.25) is 5.71 Å². The molecule has 1 aliphatic heterocycles. The van der Waals surface area contributed by atoms with Crippen LogP contribution in [0, 0.1) is 0 Å². The molecule has 4 heterocycles. The minimum Gasteiger partial charge on any atom is -0.427 e. The largest absolute Gasteiger partial charge is 0.427 e. The standard InChI is InChI=1S/C10H10N2O3S.C10H9NO3S.CH3F.CH3I/c1-3-5-4-6(13)15-9-7(5)8(14)11-10(12-9)16-2;1-2-5-3-8(12)14-6-4-7(15)11-10(13)9(5)6;2*1-2/h4H,3H2,1-2H3,(H,11,12,14);3H,2,4H2,1H3,(H,11,13,15);2*1H3/i;;1D;. The molecule has 3 aromatic heterocycles. The number of thioether (sulfide) groups is 1. The van der Waals surface area contributed by atoms with Gasteiger partial charge < -0.3 is 19.1 Å². The predicted molar refractivity (Wildman–Crippen MR) is 147 cm³/mol. The molecule has 0 radical (unpaired) electrons. The van der Waals surface area contributed by atoms with Crippen molar-refractivity contribution in [1.82, 2.24) is 15.3 Å². The van der Waals surface area contributed by atoms with Crippen molar-refractivity contribution < 1.29 is 19.4 Å². The van der Waals surface area contributed by atoms with E-state index in [4.69, 9.17) is 22.4 Å². The zero-order valence-electron chi connectivity index (χ0n) is 20.5. The first-order chi connectivity index (χ1) is 17.2. The van der Waals surface area contributed by atoms with Crippen LogP contribution in [0.25, 0.3) is 11.1 Å². The summed E-state index contributed by atoms with van der Waals surface area (Å²) < 4.78 is 25.4. The Hall–Kier alpha value is -2.39. The van der Waals surface area contributed by atoms with E-state index in [2.05, 4.69) is 37.9 Å². The lowest BCUT2D eigenvalue weighted by Gasteiger charge is -2.17. The lowest BCUT2D eigenvalue weighted by Crippen LogP contribution is -2.37. The second kappa shape index (κ2) is 14.9. The van der Waals surface area contributed by atoms with Crippen LogP contribution in [-0.4, -0.2) is 39.2 Å². The van der Waals surface area contributed by atoms with Crippen LogP contribution in [0.2, 0.25) is 0 Å². The molecule has 0 atom stereocenters. The summed E-state index contributed by atoms with van der Waals surface area (Å²) in [5, 5.41) is 3.36. The predicted octanol–water partition coefficient (Wildman–Crippen LogP) is 3.61. The highest BCUT2D eigenvalue weighted by molar-refractivity contribution is 14.1. The van der Waals surface area contributed by atoms with Gasteiger partial charge in [-0.25, -0.2) is 9.59 Å². The number of thiocarbonyl (C=S) groups is 1. The highest BCUT2D eigenvalue weighted by Gasteiger charge is 2.25. The van der Waals surface area contributed by atoms with Crippen molar-refractivity contribution in [2.45, 2.75) is 38.3 Å². The number of hydrogen-bond donors (Lipinski definition) is 2. The van der Waals surface area contributed by atoms with Crippen LogP contribution in [0.4, 0.5) is 4.39 Å². The Bertz CT molecular complexity index is 1390. The lowest BCUT2D eigenvalue weighted by molar-refractivity contribution is 0.0968. The zero-order valence-corrected chi connectivity index (χ0v) is 23.2. The Morgan fingerprint density at radius 2 is 1.71 bits per heavy atom. The minimum atomic E-state index is -1.00. The van der Waals surface area contributed by atoms with E-state index in [9.17, 15) is 23.6 Å². The van der Waals surface area contributed by atoms with E-state index in [0.29, 0.717) is 57.2 Å². The fourth-order valence-electron chi connectivity index (χ4n) is 3.15. The molecule has 35 heavy (non-hydrogen) atoms. The molecule has 0 bridgehead atoms. The summed E-state index contributed by atoms with van der Waals surface area (Å²) in [7, 11) is -1.00. The molecule has 0 saturated heterocycles. The summed E-state index contributed by atoms with van der Waals surface area (Å²) >= 11 is 8.33. The third-order valence-corrected chi connectivity index (χ3v) is 5.37. The van der Waals surface area contributed by atoms with E-state index in [1.54, 1.807) is 6.26 Å². The number of aromatic amines is 1. The molecule has 190 valence electrons. The molecule has 1 aliphatic rings. The van der Waals surface area contributed by atoms with Crippen LogP contribution < -0.4 is 22.1 Å². The van der Waals surface area contributed by atoms with Crippen LogP contribution in [0.5, 0.6) is 0 Å². The summed E-state index contributed by atoms with van der Waals surface area (Å²) in [6, 6.07) is 2.69. The molecule has 3 aromatic rings. The summed E-state index contributed by atoms with van der Waals surface area (Å²) in [4.78, 5) is 54.9. The first-order valence-corrected chi connectivity index (χ1v) is 13.8. The molecule has 2 N–H and O–H groups in total. The molecule has 0 unspecified atom stereocenters. The van der Waals surface area contributed by atoms with Gasteiger partial charge in [0.15, 0.2) is 5.16 Å². The van der Waals surface area contributed by atoms with Crippen LogP contribution in [0.15, 0.2) is 40.5 Å². The number of carbonyl (C=O) groups is 1. The molecule has 0 fully saturated rings. The average molecular weight is 638 g/mol.